The number of hydrogen-bond acceptors (Lipinski definition) is 1. The van der Waals surface area contributed by atoms with Crippen LogP contribution in [-0.4, -0.2) is 17.1 Å². The Morgan fingerprint density at radius 1 is 1.25 bits per heavy atom. The Hall–Kier alpha value is -0.180. The summed E-state index contributed by atoms with van der Waals surface area (Å²) in [6.45, 7) is 1.52. The molecule has 1 fully saturated rings. The molecule has 0 spiro atoms. The lowest BCUT2D eigenvalue weighted by atomic mass is 9.82. The maximum Gasteiger partial charge on any atom is 0.250 e. The van der Waals surface area contributed by atoms with Crippen molar-refractivity contribution in [3.05, 3.63) is 0 Å². The zero-order valence-electron chi connectivity index (χ0n) is 7.39. The highest BCUT2D eigenvalue weighted by Crippen LogP contribution is 2.38. The average molecular weight is 178 g/mol. The molecule has 1 rings (SSSR count). The highest BCUT2D eigenvalue weighted by Gasteiger charge is 2.39. The molecule has 1 aliphatic rings. The molecule has 1 N–H and O–H groups in total. The molecule has 72 valence electrons. The number of rotatable bonds is 2. The highest BCUT2D eigenvalue weighted by molar-refractivity contribution is 4.81. The van der Waals surface area contributed by atoms with Crippen molar-refractivity contribution in [1.82, 2.24) is 0 Å². The first-order valence-corrected chi connectivity index (χ1v) is 4.62. The fraction of sp³-hybridized carbons (Fsp3) is 1.00. The molecule has 0 aromatic rings. The van der Waals surface area contributed by atoms with E-state index in [0.717, 1.165) is 0 Å². The Bertz CT molecular complexity index is 139. The molecule has 0 saturated heterocycles. The minimum Gasteiger partial charge on any atom is -0.393 e. The van der Waals surface area contributed by atoms with Crippen LogP contribution in [-0.2, 0) is 0 Å². The maximum atomic E-state index is 13.1. The van der Waals surface area contributed by atoms with E-state index in [-0.39, 0.29) is 12.5 Å². The van der Waals surface area contributed by atoms with Crippen molar-refractivity contribution in [2.45, 2.75) is 51.1 Å². The van der Waals surface area contributed by atoms with Crippen molar-refractivity contribution in [2.75, 3.05) is 0 Å². The molecule has 0 unspecified atom stereocenters. The van der Waals surface area contributed by atoms with E-state index in [2.05, 4.69) is 0 Å². The van der Waals surface area contributed by atoms with E-state index in [4.69, 9.17) is 5.11 Å². The normalized spacial score (nSPS) is 32.0. The van der Waals surface area contributed by atoms with Crippen LogP contribution in [0.1, 0.15) is 39.0 Å². The summed E-state index contributed by atoms with van der Waals surface area (Å²) in [4.78, 5) is 0. The molecule has 3 heteroatoms. The molecule has 0 aromatic heterocycles. The third kappa shape index (κ3) is 2.16. The molecule has 0 aromatic carbocycles. The summed E-state index contributed by atoms with van der Waals surface area (Å²) in [6.07, 6.45) is 1.62. The molecule has 0 aliphatic heterocycles. The van der Waals surface area contributed by atoms with E-state index >= 15 is 0 Å². The van der Waals surface area contributed by atoms with Crippen LogP contribution in [0.5, 0.6) is 0 Å². The molecule has 12 heavy (non-hydrogen) atoms. The van der Waals surface area contributed by atoms with Gasteiger partial charge in [-0.05, 0) is 25.7 Å². The van der Waals surface area contributed by atoms with Gasteiger partial charge in [0, 0.05) is 12.3 Å². The lowest BCUT2D eigenvalue weighted by molar-refractivity contribution is -0.0836. The number of aliphatic hydroxyl groups is 1. The molecular weight excluding hydrogens is 162 g/mol. The van der Waals surface area contributed by atoms with Gasteiger partial charge >= 0.3 is 0 Å². The largest absolute Gasteiger partial charge is 0.393 e. The Morgan fingerprint density at radius 2 is 1.75 bits per heavy atom. The van der Waals surface area contributed by atoms with Gasteiger partial charge in [0.2, 0.25) is 0 Å². The summed E-state index contributed by atoms with van der Waals surface area (Å²) in [5.41, 5.74) is 0. The Kier molecular flexibility index (Phi) is 3.04. The summed E-state index contributed by atoms with van der Waals surface area (Å²) in [6, 6.07) is 0. The third-order valence-corrected chi connectivity index (χ3v) is 2.77. The van der Waals surface area contributed by atoms with Gasteiger partial charge in [0.1, 0.15) is 0 Å². The van der Waals surface area contributed by atoms with Gasteiger partial charge in [-0.2, -0.15) is 0 Å². The van der Waals surface area contributed by atoms with E-state index in [1.165, 1.54) is 6.92 Å². The number of aliphatic hydroxyl groups excluding tert-OH is 1. The van der Waals surface area contributed by atoms with E-state index in [1.54, 1.807) is 0 Å². The summed E-state index contributed by atoms with van der Waals surface area (Å²) < 4.78 is 26.2. The fourth-order valence-electron chi connectivity index (χ4n) is 1.79. The standard InChI is InChI=1S/C9H16F2O/c1-2-9(10,11)7-3-5-8(12)6-4-7/h7-8,12H,2-6H2,1H3. The smallest absolute Gasteiger partial charge is 0.250 e. The van der Waals surface area contributed by atoms with Crippen LogP contribution in [0.2, 0.25) is 0 Å². The van der Waals surface area contributed by atoms with E-state index in [9.17, 15) is 8.78 Å². The Morgan fingerprint density at radius 3 is 2.17 bits per heavy atom. The number of alkyl halides is 2. The van der Waals surface area contributed by atoms with Gasteiger partial charge in [-0.1, -0.05) is 6.92 Å². The topological polar surface area (TPSA) is 20.2 Å². The van der Waals surface area contributed by atoms with E-state index in [1.807, 2.05) is 0 Å². The first kappa shape index (κ1) is 9.90. The minimum absolute atomic E-state index is 0.0756. The molecular formula is C9H16F2O. The molecule has 0 atom stereocenters. The fourth-order valence-corrected chi connectivity index (χ4v) is 1.79. The lowest BCUT2D eigenvalue weighted by Gasteiger charge is -2.31. The van der Waals surface area contributed by atoms with Crippen LogP contribution in [0.4, 0.5) is 8.78 Å². The van der Waals surface area contributed by atoms with Crippen LogP contribution < -0.4 is 0 Å². The lowest BCUT2D eigenvalue weighted by Crippen LogP contribution is -2.32. The van der Waals surface area contributed by atoms with Crippen molar-refractivity contribution in [2.24, 2.45) is 5.92 Å². The Balaban J connectivity index is 2.44. The third-order valence-electron chi connectivity index (χ3n) is 2.77. The molecule has 1 nitrogen and oxygen atoms in total. The van der Waals surface area contributed by atoms with Gasteiger partial charge < -0.3 is 5.11 Å². The van der Waals surface area contributed by atoms with Crippen molar-refractivity contribution in [3.8, 4) is 0 Å². The second kappa shape index (κ2) is 3.69. The van der Waals surface area contributed by atoms with Crippen molar-refractivity contribution >= 4 is 0 Å². The summed E-state index contributed by atoms with van der Waals surface area (Å²) in [5.74, 6) is -3.01. The van der Waals surface area contributed by atoms with Crippen LogP contribution in [0, 0.1) is 5.92 Å². The second-order valence-electron chi connectivity index (χ2n) is 3.62. The maximum absolute atomic E-state index is 13.1. The molecule has 1 saturated carbocycles. The SMILES string of the molecule is CCC(F)(F)C1CCC(O)CC1. The predicted octanol–water partition coefficient (Wildman–Crippen LogP) is 2.58. The monoisotopic (exact) mass is 178 g/mol. The summed E-state index contributed by atoms with van der Waals surface area (Å²) >= 11 is 0. The summed E-state index contributed by atoms with van der Waals surface area (Å²) in [5, 5.41) is 9.12. The number of hydrogen-bond donors (Lipinski definition) is 1. The quantitative estimate of drug-likeness (QED) is 0.689. The minimum atomic E-state index is -2.51. The predicted molar refractivity (Wildman–Crippen MR) is 43.2 cm³/mol. The van der Waals surface area contributed by atoms with Gasteiger partial charge in [0.15, 0.2) is 0 Å². The van der Waals surface area contributed by atoms with Gasteiger partial charge in [-0.25, -0.2) is 8.78 Å². The molecule has 0 amide bonds. The van der Waals surface area contributed by atoms with Gasteiger partial charge in [-0.15, -0.1) is 0 Å². The van der Waals surface area contributed by atoms with E-state index in [0.29, 0.717) is 25.7 Å². The van der Waals surface area contributed by atoms with Gasteiger partial charge in [0.25, 0.3) is 5.92 Å². The molecule has 0 radical (unpaired) electrons. The molecule has 0 bridgehead atoms. The highest BCUT2D eigenvalue weighted by atomic mass is 19.3. The van der Waals surface area contributed by atoms with Crippen molar-refractivity contribution in [3.63, 3.8) is 0 Å². The number of halogens is 2. The molecule has 1 aliphatic carbocycles. The first-order valence-electron chi connectivity index (χ1n) is 4.62. The Labute approximate surface area is 71.8 Å². The van der Waals surface area contributed by atoms with Crippen LogP contribution in [0.15, 0.2) is 0 Å². The van der Waals surface area contributed by atoms with Crippen LogP contribution >= 0.6 is 0 Å². The average Bonchev–Trinajstić information content (AvgIpc) is 2.05. The van der Waals surface area contributed by atoms with Crippen molar-refractivity contribution in [1.29, 1.82) is 0 Å². The molecule has 0 heterocycles. The van der Waals surface area contributed by atoms with Crippen LogP contribution in [0.3, 0.4) is 0 Å². The van der Waals surface area contributed by atoms with Gasteiger partial charge in [0.05, 0.1) is 6.10 Å². The van der Waals surface area contributed by atoms with Crippen molar-refractivity contribution < 1.29 is 13.9 Å². The zero-order chi connectivity index (χ0) is 9.19. The first-order chi connectivity index (χ1) is 5.56. The summed E-state index contributed by atoms with van der Waals surface area (Å²) in [7, 11) is 0. The van der Waals surface area contributed by atoms with E-state index < -0.39 is 11.8 Å². The zero-order valence-corrected chi connectivity index (χ0v) is 7.39. The second-order valence-corrected chi connectivity index (χ2v) is 3.62. The van der Waals surface area contributed by atoms with Crippen LogP contribution in [0.25, 0.3) is 0 Å². The van der Waals surface area contributed by atoms with Gasteiger partial charge in [-0.3, -0.25) is 0 Å².